The Bertz CT molecular complexity index is 608. The molecule has 0 atom stereocenters. The van der Waals surface area contributed by atoms with Crippen LogP contribution < -0.4 is 4.74 Å². The lowest BCUT2D eigenvalue weighted by Crippen LogP contribution is -1.91. The van der Waals surface area contributed by atoms with Crippen molar-refractivity contribution in [1.82, 2.24) is 14.9 Å². The monoisotopic (exact) mass is 266 g/mol. The van der Waals surface area contributed by atoms with E-state index in [1.807, 2.05) is 24.3 Å². The molecule has 17 heavy (non-hydrogen) atoms. The van der Waals surface area contributed by atoms with Crippen LogP contribution in [0.2, 0.25) is 0 Å². The van der Waals surface area contributed by atoms with Gasteiger partial charge in [-0.25, -0.2) is 0 Å². The van der Waals surface area contributed by atoms with E-state index in [1.165, 1.54) is 4.68 Å². The summed E-state index contributed by atoms with van der Waals surface area (Å²) in [6.07, 6.45) is 1.67. The molecule has 7 heteroatoms. The quantitative estimate of drug-likeness (QED) is 0.663. The van der Waals surface area contributed by atoms with Gasteiger partial charge in [-0.1, -0.05) is 0 Å². The first-order chi connectivity index (χ1) is 8.20. The van der Waals surface area contributed by atoms with Gasteiger partial charge < -0.3 is 4.74 Å². The van der Waals surface area contributed by atoms with Gasteiger partial charge in [0.25, 0.3) is 0 Å². The highest BCUT2D eigenvalue weighted by molar-refractivity contribution is 7.72. The molecule has 0 amide bonds. The molecule has 5 nitrogen and oxygen atoms in total. The molecule has 0 spiro atoms. The molecule has 0 fully saturated rings. The summed E-state index contributed by atoms with van der Waals surface area (Å²) in [7, 11) is 1.63. The van der Waals surface area contributed by atoms with Crippen LogP contribution in [-0.4, -0.2) is 28.2 Å². The van der Waals surface area contributed by atoms with Crippen LogP contribution in [0.5, 0.6) is 5.75 Å². The molecule has 1 heterocycles. The van der Waals surface area contributed by atoms with Crippen LogP contribution in [0.3, 0.4) is 0 Å². The van der Waals surface area contributed by atoms with Crippen LogP contribution in [-0.2, 0) is 0 Å². The van der Waals surface area contributed by atoms with E-state index in [2.05, 4.69) is 15.3 Å². The fourth-order valence-corrected chi connectivity index (χ4v) is 1.66. The molecule has 88 valence electrons. The Morgan fingerprint density at radius 2 is 1.76 bits per heavy atom. The third kappa shape index (κ3) is 2.69. The van der Waals surface area contributed by atoms with Gasteiger partial charge in [-0.05, 0) is 54.3 Å². The van der Waals surface area contributed by atoms with Gasteiger partial charge in [0.2, 0.25) is 9.54 Å². The van der Waals surface area contributed by atoms with Crippen LogP contribution in [0, 0.1) is 9.54 Å². The predicted octanol–water partition coefficient (Wildman–Crippen LogP) is 2.49. The fraction of sp³-hybridized carbons (Fsp3) is 0.100. The molecular weight excluding hydrogens is 256 g/mol. The van der Waals surface area contributed by atoms with E-state index in [0.29, 0.717) is 9.54 Å². The summed E-state index contributed by atoms with van der Waals surface area (Å²) in [5.74, 6) is 0.803. The minimum Gasteiger partial charge on any atom is -0.497 e. The molecule has 0 aliphatic rings. The van der Waals surface area contributed by atoms with E-state index in [4.69, 9.17) is 29.2 Å². The van der Waals surface area contributed by atoms with Crippen LogP contribution in [0.4, 0.5) is 0 Å². The molecule has 0 unspecified atom stereocenters. The van der Waals surface area contributed by atoms with Gasteiger partial charge >= 0.3 is 0 Å². The number of aromatic nitrogens is 3. The third-order valence-corrected chi connectivity index (χ3v) is 2.65. The summed E-state index contributed by atoms with van der Waals surface area (Å²) >= 11 is 10.0. The zero-order chi connectivity index (χ0) is 12.3. The molecule has 0 aliphatic heterocycles. The van der Waals surface area contributed by atoms with Crippen molar-refractivity contribution in [3.63, 3.8) is 0 Å². The number of ether oxygens (including phenoxy) is 1. The maximum atomic E-state index is 5.06. The number of hydrogen-bond donors (Lipinski definition) is 2. The molecule has 2 aromatic rings. The van der Waals surface area contributed by atoms with Crippen molar-refractivity contribution in [3.05, 3.63) is 39.4 Å². The highest BCUT2D eigenvalue weighted by Gasteiger charge is 1.94. The Hall–Kier alpha value is -1.73. The van der Waals surface area contributed by atoms with Gasteiger partial charge in [-0.2, -0.15) is 9.78 Å². The standard InChI is InChI=1S/C10H10N4OS2/c1-15-8-4-2-7(3-5-8)6-11-14-9(16)12-13-10(14)17/h2-6H,1H3,(H,12,16)(H,13,17)/b11-6-. The number of nitrogens with zero attached hydrogens (tertiary/aromatic N) is 2. The normalized spacial score (nSPS) is 10.9. The van der Waals surface area contributed by atoms with Crippen molar-refractivity contribution in [2.24, 2.45) is 5.10 Å². The molecule has 0 aliphatic carbocycles. The van der Waals surface area contributed by atoms with E-state index in [1.54, 1.807) is 13.3 Å². The Balaban J connectivity index is 2.26. The van der Waals surface area contributed by atoms with Crippen LogP contribution >= 0.6 is 24.4 Å². The number of methoxy groups -OCH3 is 1. The van der Waals surface area contributed by atoms with E-state index in [-0.39, 0.29) is 0 Å². The second-order valence-electron chi connectivity index (χ2n) is 3.19. The van der Waals surface area contributed by atoms with Crippen molar-refractivity contribution < 1.29 is 4.74 Å². The Labute approximate surface area is 108 Å². The number of hydrogen-bond acceptors (Lipinski definition) is 4. The van der Waals surface area contributed by atoms with Crippen molar-refractivity contribution in [1.29, 1.82) is 0 Å². The second kappa shape index (κ2) is 5.07. The Morgan fingerprint density at radius 3 is 2.29 bits per heavy atom. The molecule has 2 N–H and O–H groups in total. The van der Waals surface area contributed by atoms with Crippen molar-refractivity contribution in [3.8, 4) is 5.75 Å². The summed E-state index contributed by atoms with van der Waals surface area (Å²) in [6.45, 7) is 0. The van der Waals surface area contributed by atoms with Gasteiger partial charge in [0.15, 0.2) is 0 Å². The number of H-pyrrole nitrogens is 2. The number of benzene rings is 1. The Morgan fingerprint density at radius 1 is 1.18 bits per heavy atom. The van der Waals surface area contributed by atoms with E-state index >= 15 is 0 Å². The average molecular weight is 266 g/mol. The molecule has 0 radical (unpaired) electrons. The number of aromatic amines is 2. The average Bonchev–Trinajstić information content (AvgIpc) is 2.67. The SMILES string of the molecule is COc1ccc(/C=N\n2c(=S)[nH][nH]c2=S)cc1. The second-order valence-corrected chi connectivity index (χ2v) is 3.96. The molecule has 1 aromatic heterocycles. The largest absolute Gasteiger partial charge is 0.497 e. The molecule has 2 rings (SSSR count). The smallest absolute Gasteiger partial charge is 0.215 e. The predicted molar refractivity (Wildman–Crippen MR) is 70.8 cm³/mol. The van der Waals surface area contributed by atoms with E-state index in [0.717, 1.165) is 11.3 Å². The Kier molecular flexibility index (Phi) is 3.50. The first-order valence-corrected chi connectivity index (χ1v) is 5.60. The van der Waals surface area contributed by atoms with Gasteiger partial charge in [0, 0.05) is 0 Å². The lowest BCUT2D eigenvalue weighted by Gasteiger charge is -1.98. The topological polar surface area (TPSA) is 58.1 Å². The zero-order valence-electron chi connectivity index (χ0n) is 9.01. The maximum Gasteiger partial charge on any atom is 0.215 e. The van der Waals surface area contributed by atoms with Crippen molar-refractivity contribution in [2.75, 3.05) is 7.11 Å². The minimum atomic E-state index is 0.430. The van der Waals surface area contributed by atoms with Crippen LogP contribution in [0.1, 0.15) is 5.56 Å². The van der Waals surface area contributed by atoms with Gasteiger partial charge in [-0.3, -0.25) is 10.2 Å². The van der Waals surface area contributed by atoms with Gasteiger partial charge in [0.05, 0.1) is 13.3 Å². The lowest BCUT2D eigenvalue weighted by atomic mass is 10.2. The molecule has 0 saturated heterocycles. The van der Waals surface area contributed by atoms with Crippen LogP contribution in [0.25, 0.3) is 0 Å². The highest BCUT2D eigenvalue weighted by Crippen LogP contribution is 2.09. The molecule has 1 aromatic carbocycles. The van der Waals surface area contributed by atoms with Gasteiger partial charge in [0.1, 0.15) is 5.75 Å². The lowest BCUT2D eigenvalue weighted by molar-refractivity contribution is 0.415. The van der Waals surface area contributed by atoms with Crippen LogP contribution in [0.15, 0.2) is 29.4 Å². The summed E-state index contributed by atoms with van der Waals surface area (Å²) < 4.78 is 7.36. The third-order valence-electron chi connectivity index (χ3n) is 2.10. The summed E-state index contributed by atoms with van der Waals surface area (Å²) in [4.78, 5) is 0. The molecule has 0 bridgehead atoms. The summed E-state index contributed by atoms with van der Waals surface area (Å²) in [5.41, 5.74) is 0.934. The fourth-order valence-electron chi connectivity index (χ4n) is 1.22. The van der Waals surface area contributed by atoms with E-state index in [9.17, 15) is 0 Å². The summed E-state index contributed by atoms with van der Waals surface area (Å²) in [6, 6.07) is 7.51. The summed E-state index contributed by atoms with van der Waals surface area (Å²) in [5, 5.41) is 9.58. The number of rotatable bonds is 3. The van der Waals surface area contributed by atoms with E-state index < -0.39 is 0 Å². The van der Waals surface area contributed by atoms with Gasteiger partial charge in [-0.15, -0.1) is 0 Å². The molecular formula is C10H10N4OS2. The first-order valence-electron chi connectivity index (χ1n) is 4.79. The minimum absolute atomic E-state index is 0.430. The van der Waals surface area contributed by atoms with Crippen molar-refractivity contribution in [2.45, 2.75) is 0 Å². The number of nitrogens with one attached hydrogen (secondary N) is 2. The molecule has 0 saturated carbocycles. The van der Waals surface area contributed by atoms with Crippen molar-refractivity contribution >= 4 is 30.7 Å². The maximum absolute atomic E-state index is 5.06. The zero-order valence-corrected chi connectivity index (χ0v) is 10.6. The first kappa shape index (κ1) is 11.7. The highest BCUT2D eigenvalue weighted by atomic mass is 32.1.